The Hall–Kier alpha value is -0.530. The predicted octanol–water partition coefficient (Wildman–Crippen LogP) is 5.35. The van der Waals surface area contributed by atoms with Gasteiger partial charge in [0, 0.05) is 0 Å². The zero-order chi connectivity index (χ0) is 14.7. The van der Waals surface area contributed by atoms with Crippen molar-refractivity contribution >= 4 is 5.97 Å². The monoisotopic (exact) mass is 270 g/mol. The highest BCUT2D eigenvalue weighted by Crippen LogP contribution is 2.41. The molecule has 0 aliphatic heterocycles. The minimum atomic E-state index is 0.00292. The first kappa shape index (κ1) is 18.5. The van der Waals surface area contributed by atoms with Gasteiger partial charge in [0.05, 0.1) is 13.0 Å². The Morgan fingerprint density at radius 3 is 1.84 bits per heavy atom. The van der Waals surface area contributed by atoms with E-state index in [0.717, 1.165) is 32.1 Å². The Morgan fingerprint density at radius 1 is 1.00 bits per heavy atom. The van der Waals surface area contributed by atoms with Crippen LogP contribution in [0.3, 0.4) is 0 Å². The van der Waals surface area contributed by atoms with E-state index in [0.29, 0.717) is 0 Å². The summed E-state index contributed by atoms with van der Waals surface area (Å²) in [6, 6.07) is 0. The van der Waals surface area contributed by atoms with Gasteiger partial charge >= 0.3 is 5.97 Å². The van der Waals surface area contributed by atoms with Crippen LogP contribution in [0, 0.1) is 11.3 Å². The lowest BCUT2D eigenvalue weighted by Gasteiger charge is -2.36. The summed E-state index contributed by atoms with van der Waals surface area (Å²) in [6.07, 6.45) is 10.3. The van der Waals surface area contributed by atoms with Crippen molar-refractivity contribution in [3.8, 4) is 0 Å². The van der Waals surface area contributed by atoms with E-state index in [1.54, 1.807) is 0 Å². The number of rotatable bonds is 11. The number of unbranched alkanes of at least 4 members (excludes halogenated alkanes) is 3. The first-order valence-electron chi connectivity index (χ1n) is 8.13. The molecule has 0 spiro atoms. The molecule has 114 valence electrons. The van der Waals surface area contributed by atoms with Crippen LogP contribution < -0.4 is 0 Å². The van der Waals surface area contributed by atoms with Crippen LogP contribution in [-0.2, 0) is 9.53 Å². The summed E-state index contributed by atoms with van der Waals surface area (Å²) in [5.74, 6) is 0.0821. The highest BCUT2D eigenvalue weighted by Gasteiger charge is 2.38. The molecule has 1 unspecified atom stereocenters. The Bertz CT molecular complexity index is 227. The standard InChI is InChI=1S/C17H34O2/c1-6-9-12-15(16(18)19-5)17(4,13-10-7-2)14-11-8-3/h15H,6-14H2,1-5H3. The van der Waals surface area contributed by atoms with Crippen molar-refractivity contribution in [3.63, 3.8) is 0 Å². The van der Waals surface area contributed by atoms with E-state index in [4.69, 9.17) is 4.74 Å². The van der Waals surface area contributed by atoms with E-state index >= 15 is 0 Å². The first-order valence-corrected chi connectivity index (χ1v) is 8.13. The molecule has 0 radical (unpaired) electrons. The van der Waals surface area contributed by atoms with Gasteiger partial charge in [0.1, 0.15) is 0 Å². The zero-order valence-electron chi connectivity index (χ0n) is 13.8. The van der Waals surface area contributed by atoms with Crippen LogP contribution in [0.4, 0.5) is 0 Å². The maximum Gasteiger partial charge on any atom is 0.309 e. The average Bonchev–Trinajstić information content (AvgIpc) is 2.43. The molecule has 0 amide bonds. The van der Waals surface area contributed by atoms with Crippen LogP contribution in [0.5, 0.6) is 0 Å². The summed E-state index contributed by atoms with van der Waals surface area (Å²) < 4.78 is 5.08. The number of hydrogen-bond acceptors (Lipinski definition) is 2. The Kier molecular flexibility index (Phi) is 9.99. The van der Waals surface area contributed by atoms with E-state index in [9.17, 15) is 4.79 Å². The quantitative estimate of drug-likeness (QED) is 0.473. The lowest BCUT2D eigenvalue weighted by Crippen LogP contribution is -2.34. The molecule has 0 aromatic heterocycles. The van der Waals surface area contributed by atoms with Crippen molar-refractivity contribution in [2.45, 2.75) is 85.5 Å². The van der Waals surface area contributed by atoms with Gasteiger partial charge in [-0.15, -0.1) is 0 Å². The van der Waals surface area contributed by atoms with Gasteiger partial charge in [-0.05, 0) is 24.7 Å². The smallest absolute Gasteiger partial charge is 0.309 e. The van der Waals surface area contributed by atoms with Crippen molar-refractivity contribution in [3.05, 3.63) is 0 Å². The van der Waals surface area contributed by atoms with Gasteiger partial charge in [-0.25, -0.2) is 0 Å². The van der Waals surface area contributed by atoms with Crippen LogP contribution in [0.1, 0.15) is 85.5 Å². The molecule has 0 saturated carbocycles. The van der Waals surface area contributed by atoms with Gasteiger partial charge in [0.2, 0.25) is 0 Å². The number of esters is 1. The highest BCUT2D eigenvalue weighted by atomic mass is 16.5. The SMILES string of the molecule is CCCCC(C(=O)OC)C(C)(CCCC)CCCC. The fourth-order valence-electron chi connectivity index (χ4n) is 2.94. The third kappa shape index (κ3) is 6.44. The highest BCUT2D eigenvalue weighted by molar-refractivity contribution is 5.73. The predicted molar refractivity (Wildman–Crippen MR) is 82.2 cm³/mol. The Morgan fingerprint density at radius 2 is 1.47 bits per heavy atom. The van der Waals surface area contributed by atoms with Crippen LogP contribution in [0.15, 0.2) is 0 Å². The third-order valence-electron chi connectivity index (χ3n) is 4.38. The molecule has 0 rings (SSSR count). The molecule has 19 heavy (non-hydrogen) atoms. The summed E-state index contributed by atoms with van der Waals surface area (Å²) in [7, 11) is 1.53. The van der Waals surface area contributed by atoms with E-state index in [1.165, 1.54) is 32.8 Å². The minimum Gasteiger partial charge on any atom is -0.469 e. The van der Waals surface area contributed by atoms with Gasteiger partial charge in [0.15, 0.2) is 0 Å². The summed E-state index contributed by atoms with van der Waals surface area (Å²) in [5.41, 5.74) is 0.119. The lowest BCUT2D eigenvalue weighted by atomic mass is 9.68. The molecule has 0 heterocycles. The molecular formula is C17H34O2. The van der Waals surface area contributed by atoms with Gasteiger partial charge in [-0.2, -0.15) is 0 Å². The maximum absolute atomic E-state index is 12.2. The second-order valence-electron chi connectivity index (χ2n) is 6.08. The number of hydrogen-bond donors (Lipinski definition) is 0. The van der Waals surface area contributed by atoms with Gasteiger partial charge in [-0.1, -0.05) is 66.2 Å². The second kappa shape index (κ2) is 10.3. The van der Waals surface area contributed by atoms with Crippen LogP contribution in [-0.4, -0.2) is 13.1 Å². The zero-order valence-corrected chi connectivity index (χ0v) is 13.8. The van der Waals surface area contributed by atoms with Crippen molar-refractivity contribution in [2.75, 3.05) is 7.11 Å². The van der Waals surface area contributed by atoms with E-state index in [2.05, 4.69) is 27.7 Å². The molecule has 0 aromatic rings. The van der Waals surface area contributed by atoms with Gasteiger partial charge in [0.25, 0.3) is 0 Å². The summed E-state index contributed by atoms with van der Waals surface area (Å²) in [5, 5.41) is 0. The van der Waals surface area contributed by atoms with Crippen LogP contribution >= 0.6 is 0 Å². The minimum absolute atomic E-state index is 0.00292. The van der Waals surface area contributed by atoms with Crippen molar-refractivity contribution < 1.29 is 9.53 Å². The molecule has 0 aliphatic rings. The number of methoxy groups -OCH3 is 1. The number of carbonyl (C=O) groups is 1. The largest absolute Gasteiger partial charge is 0.469 e. The van der Waals surface area contributed by atoms with E-state index in [1.807, 2.05) is 0 Å². The van der Waals surface area contributed by atoms with Crippen molar-refractivity contribution in [1.82, 2.24) is 0 Å². The molecule has 0 saturated heterocycles. The fraction of sp³-hybridized carbons (Fsp3) is 0.941. The number of carbonyl (C=O) groups excluding carboxylic acids is 1. The van der Waals surface area contributed by atoms with Gasteiger partial charge in [-0.3, -0.25) is 4.79 Å². The summed E-state index contributed by atoms with van der Waals surface area (Å²) in [6.45, 7) is 8.93. The Labute approximate surface area is 120 Å². The second-order valence-corrected chi connectivity index (χ2v) is 6.08. The topological polar surface area (TPSA) is 26.3 Å². The number of ether oxygens (including phenoxy) is 1. The average molecular weight is 270 g/mol. The van der Waals surface area contributed by atoms with Crippen molar-refractivity contribution in [2.24, 2.45) is 11.3 Å². The van der Waals surface area contributed by atoms with E-state index in [-0.39, 0.29) is 17.3 Å². The molecule has 0 N–H and O–H groups in total. The van der Waals surface area contributed by atoms with Gasteiger partial charge < -0.3 is 4.74 Å². The Balaban J connectivity index is 4.91. The molecule has 1 atom stereocenters. The van der Waals surface area contributed by atoms with Crippen molar-refractivity contribution in [1.29, 1.82) is 0 Å². The molecule has 0 bridgehead atoms. The molecule has 0 aromatic carbocycles. The molecule has 2 heteroatoms. The summed E-state index contributed by atoms with van der Waals surface area (Å²) >= 11 is 0. The molecule has 2 nitrogen and oxygen atoms in total. The molecule has 0 aliphatic carbocycles. The summed E-state index contributed by atoms with van der Waals surface area (Å²) in [4.78, 5) is 12.2. The normalized spacial score (nSPS) is 13.3. The van der Waals surface area contributed by atoms with Crippen LogP contribution in [0.25, 0.3) is 0 Å². The lowest BCUT2D eigenvalue weighted by molar-refractivity contribution is -0.151. The van der Waals surface area contributed by atoms with Crippen LogP contribution in [0.2, 0.25) is 0 Å². The fourth-order valence-corrected chi connectivity index (χ4v) is 2.94. The maximum atomic E-state index is 12.2. The molecule has 0 fully saturated rings. The van der Waals surface area contributed by atoms with E-state index < -0.39 is 0 Å². The third-order valence-corrected chi connectivity index (χ3v) is 4.38. The first-order chi connectivity index (χ1) is 9.05. The molecular weight excluding hydrogens is 236 g/mol.